The summed E-state index contributed by atoms with van der Waals surface area (Å²) in [6.45, 7) is 2.50. The largest absolute Gasteiger partial charge is 0.497 e. The molecule has 0 aliphatic heterocycles. The zero-order valence-corrected chi connectivity index (χ0v) is 9.32. The predicted molar refractivity (Wildman–Crippen MR) is 58.1 cm³/mol. The number of hydrogen-bond donors (Lipinski definition) is 1. The van der Waals surface area contributed by atoms with Gasteiger partial charge in [-0.25, -0.2) is 5.90 Å². The summed E-state index contributed by atoms with van der Waals surface area (Å²) >= 11 is 0. The summed E-state index contributed by atoms with van der Waals surface area (Å²) in [6, 6.07) is 5.73. The lowest BCUT2D eigenvalue weighted by Crippen LogP contribution is -2.08. The van der Waals surface area contributed by atoms with Crippen LogP contribution in [0.15, 0.2) is 18.2 Å². The van der Waals surface area contributed by atoms with Gasteiger partial charge in [0.15, 0.2) is 0 Å². The normalized spacial score (nSPS) is 12.3. The highest BCUT2D eigenvalue weighted by molar-refractivity contribution is 5.39. The lowest BCUT2D eigenvalue weighted by Gasteiger charge is -2.13. The Balaban J connectivity index is 2.95. The van der Waals surface area contributed by atoms with Gasteiger partial charge >= 0.3 is 0 Å². The summed E-state index contributed by atoms with van der Waals surface area (Å²) in [5.74, 6) is 6.80. The predicted octanol–water partition coefficient (Wildman–Crippen LogP) is 1.70. The monoisotopic (exact) mass is 211 g/mol. The number of ether oxygens (including phenoxy) is 2. The first kappa shape index (κ1) is 11.8. The fourth-order valence-corrected chi connectivity index (χ4v) is 1.35. The summed E-state index contributed by atoms with van der Waals surface area (Å²) < 4.78 is 10.3. The molecular formula is C11H17NO3. The van der Waals surface area contributed by atoms with Gasteiger partial charge in [0.05, 0.1) is 20.8 Å². The molecule has 0 spiro atoms. The molecule has 0 aromatic heterocycles. The van der Waals surface area contributed by atoms with E-state index < -0.39 is 0 Å². The van der Waals surface area contributed by atoms with Crippen molar-refractivity contribution < 1.29 is 14.3 Å². The van der Waals surface area contributed by atoms with Crippen LogP contribution < -0.4 is 15.4 Å². The highest BCUT2D eigenvalue weighted by Gasteiger charge is 2.09. The van der Waals surface area contributed by atoms with E-state index in [1.165, 1.54) is 0 Å². The Morgan fingerprint density at radius 1 is 1.13 bits per heavy atom. The molecule has 0 bridgehead atoms. The van der Waals surface area contributed by atoms with Crippen molar-refractivity contribution in [3.05, 3.63) is 23.8 Å². The fourth-order valence-electron chi connectivity index (χ4n) is 1.35. The molecular weight excluding hydrogens is 194 g/mol. The topological polar surface area (TPSA) is 53.7 Å². The van der Waals surface area contributed by atoms with Crippen LogP contribution in [-0.4, -0.2) is 20.8 Å². The third-order valence-electron chi connectivity index (χ3n) is 2.29. The van der Waals surface area contributed by atoms with E-state index in [1.807, 2.05) is 25.1 Å². The van der Waals surface area contributed by atoms with Gasteiger partial charge in [-0.2, -0.15) is 0 Å². The van der Waals surface area contributed by atoms with Gasteiger partial charge in [0.25, 0.3) is 0 Å². The summed E-state index contributed by atoms with van der Waals surface area (Å²) in [4.78, 5) is 4.62. The summed E-state index contributed by atoms with van der Waals surface area (Å²) in [7, 11) is 3.26. The van der Waals surface area contributed by atoms with Gasteiger partial charge in [0.2, 0.25) is 0 Å². The Morgan fingerprint density at radius 3 is 2.07 bits per heavy atom. The van der Waals surface area contributed by atoms with Crippen LogP contribution in [0.2, 0.25) is 0 Å². The van der Waals surface area contributed by atoms with Gasteiger partial charge in [-0.15, -0.1) is 0 Å². The molecule has 0 fully saturated rings. The van der Waals surface area contributed by atoms with Crippen LogP contribution in [0, 0.1) is 0 Å². The summed E-state index contributed by atoms with van der Waals surface area (Å²) in [5.41, 5.74) is 1.08. The number of benzene rings is 1. The van der Waals surface area contributed by atoms with Crippen molar-refractivity contribution in [3.8, 4) is 11.5 Å². The second-order valence-corrected chi connectivity index (χ2v) is 3.38. The highest BCUT2D eigenvalue weighted by Crippen LogP contribution is 2.27. The first-order chi connectivity index (χ1) is 7.21. The first-order valence-corrected chi connectivity index (χ1v) is 4.76. The molecule has 0 saturated carbocycles. The zero-order chi connectivity index (χ0) is 11.3. The van der Waals surface area contributed by atoms with Crippen molar-refractivity contribution in [2.75, 3.05) is 20.8 Å². The molecule has 0 radical (unpaired) electrons. The molecule has 0 saturated heterocycles. The summed E-state index contributed by atoms with van der Waals surface area (Å²) in [6.07, 6.45) is 0. The number of hydrogen-bond acceptors (Lipinski definition) is 4. The van der Waals surface area contributed by atoms with Crippen LogP contribution in [-0.2, 0) is 4.84 Å². The van der Waals surface area contributed by atoms with Crippen LogP contribution in [0.4, 0.5) is 0 Å². The number of methoxy groups -OCH3 is 2. The van der Waals surface area contributed by atoms with E-state index in [0.717, 1.165) is 17.1 Å². The quantitative estimate of drug-likeness (QED) is 0.753. The summed E-state index contributed by atoms with van der Waals surface area (Å²) in [5, 5.41) is 0. The fraction of sp³-hybridized carbons (Fsp3) is 0.455. The molecule has 4 heteroatoms. The van der Waals surface area contributed by atoms with E-state index in [0.29, 0.717) is 6.61 Å². The van der Waals surface area contributed by atoms with Crippen molar-refractivity contribution in [1.29, 1.82) is 0 Å². The minimum atomic E-state index is 0.207. The lowest BCUT2D eigenvalue weighted by atomic mass is 10.0. The Bertz CT molecular complexity index is 292. The Labute approximate surface area is 89.9 Å². The molecule has 15 heavy (non-hydrogen) atoms. The molecule has 2 N–H and O–H groups in total. The van der Waals surface area contributed by atoms with Crippen LogP contribution in [0.25, 0.3) is 0 Å². The third kappa shape index (κ3) is 3.11. The molecule has 0 heterocycles. The SMILES string of the molecule is COc1cc(OC)cc(C(C)CON)c1. The number of rotatable bonds is 5. The standard InChI is InChI=1S/C11H17NO3/c1-8(7-15-12)9-4-10(13-2)6-11(5-9)14-3/h4-6,8H,7,12H2,1-3H3. The molecule has 1 unspecified atom stereocenters. The van der Waals surface area contributed by atoms with E-state index in [9.17, 15) is 0 Å². The van der Waals surface area contributed by atoms with E-state index in [1.54, 1.807) is 14.2 Å². The Kier molecular flexibility index (Phi) is 4.39. The second kappa shape index (κ2) is 5.58. The van der Waals surface area contributed by atoms with E-state index in [4.69, 9.17) is 15.4 Å². The van der Waals surface area contributed by atoms with Crippen LogP contribution in [0.3, 0.4) is 0 Å². The van der Waals surface area contributed by atoms with Gasteiger partial charge in [0, 0.05) is 12.0 Å². The van der Waals surface area contributed by atoms with E-state index in [2.05, 4.69) is 4.84 Å². The molecule has 1 rings (SSSR count). The molecule has 0 aliphatic carbocycles. The maximum atomic E-state index is 5.17. The van der Waals surface area contributed by atoms with Gasteiger partial charge in [-0.05, 0) is 17.7 Å². The molecule has 0 aliphatic rings. The molecule has 4 nitrogen and oxygen atoms in total. The Morgan fingerprint density at radius 2 is 1.67 bits per heavy atom. The molecule has 1 aromatic carbocycles. The average Bonchev–Trinajstić information content (AvgIpc) is 2.28. The van der Waals surface area contributed by atoms with Crippen molar-refractivity contribution in [2.24, 2.45) is 5.90 Å². The van der Waals surface area contributed by atoms with Crippen LogP contribution >= 0.6 is 0 Å². The van der Waals surface area contributed by atoms with E-state index in [-0.39, 0.29) is 5.92 Å². The minimum Gasteiger partial charge on any atom is -0.497 e. The molecule has 84 valence electrons. The first-order valence-electron chi connectivity index (χ1n) is 4.76. The van der Waals surface area contributed by atoms with Crippen molar-refractivity contribution in [3.63, 3.8) is 0 Å². The maximum absolute atomic E-state index is 5.17. The van der Waals surface area contributed by atoms with Gasteiger partial charge in [-0.3, -0.25) is 0 Å². The number of nitrogens with two attached hydrogens (primary N) is 1. The van der Waals surface area contributed by atoms with Crippen LogP contribution in [0.5, 0.6) is 11.5 Å². The van der Waals surface area contributed by atoms with E-state index >= 15 is 0 Å². The molecule has 1 aromatic rings. The smallest absolute Gasteiger partial charge is 0.122 e. The Hall–Kier alpha value is -1.26. The van der Waals surface area contributed by atoms with Gasteiger partial charge < -0.3 is 14.3 Å². The lowest BCUT2D eigenvalue weighted by molar-refractivity contribution is 0.126. The zero-order valence-electron chi connectivity index (χ0n) is 9.32. The van der Waals surface area contributed by atoms with Crippen molar-refractivity contribution in [2.45, 2.75) is 12.8 Å². The van der Waals surface area contributed by atoms with Gasteiger partial charge in [0.1, 0.15) is 11.5 Å². The molecule has 1 atom stereocenters. The average molecular weight is 211 g/mol. The maximum Gasteiger partial charge on any atom is 0.122 e. The minimum absolute atomic E-state index is 0.207. The molecule has 0 amide bonds. The van der Waals surface area contributed by atoms with Crippen molar-refractivity contribution in [1.82, 2.24) is 0 Å². The second-order valence-electron chi connectivity index (χ2n) is 3.38. The third-order valence-corrected chi connectivity index (χ3v) is 2.29. The van der Waals surface area contributed by atoms with Crippen LogP contribution in [0.1, 0.15) is 18.4 Å². The highest BCUT2D eigenvalue weighted by atomic mass is 16.6. The van der Waals surface area contributed by atoms with Gasteiger partial charge in [-0.1, -0.05) is 6.92 Å². The van der Waals surface area contributed by atoms with Crippen molar-refractivity contribution >= 4 is 0 Å².